The molecule has 98 valence electrons. The van der Waals surface area contributed by atoms with Crippen LogP contribution in [0.3, 0.4) is 0 Å². The monoisotopic (exact) mass is 327 g/mol. The second-order valence-corrected chi connectivity index (χ2v) is 7.74. The van der Waals surface area contributed by atoms with Gasteiger partial charge >= 0.3 is 17.8 Å². The molecule has 18 heavy (non-hydrogen) atoms. The zero-order valence-corrected chi connectivity index (χ0v) is 12.9. The lowest BCUT2D eigenvalue weighted by molar-refractivity contribution is -0.146. The molecule has 0 amide bonds. The number of alkyl halides is 2. The number of carbonyl (C=O) groups is 1. The SMILES string of the molecule is CC(C)OC(=O)C(Cl)(Cl)[P+](=O)c1ccccc1Cl. The van der Waals surface area contributed by atoms with Crippen LogP contribution in [-0.2, 0) is 14.1 Å². The van der Waals surface area contributed by atoms with E-state index < -0.39 is 23.9 Å². The fourth-order valence-electron chi connectivity index (χ4n) is 1.14. The van der Waals surface area contributed by atoms with Gasteiger partial charge in [0.1, 0.15) is 0 Å². The molecule has 1 unspecified atom stereocenters. The third-order valence-electron chi connectivity index (χ3n) is 1.91. The van der Waals surface area contributed by atoms with Gasteiger partial charge in [0.15, 0.2) is 0 Å². The normalized spacial score (nSPS) is 12.4. The summed E-state index contributed by atoms with van der Waals surface area (Å²) in [6.07, 6.45) is -0.399. The van der Waals surface area contributed by atoms with Gasteiger partial charge in [-0.25, -0.2) is 4.79 Å². The fraction of sp³-hybridized carbons (Fsp3) is 0.364. The maximum Gasteiger partial charge on any atom is 0.429 e. The summed E-state index contributed by atoms with van der Waals surface area (Å²) in [7, 11) is -2.44. The van der Waals surface area contributed by atoms with E-state index in [9.17, 15) is 9.36 Å². The van der Waals surface area contributed by atoms with Gasteiger partial charge in [-0.3, -0.25) is 0 Å². The van der Waals surface area contributed by atoms with Crippen molar-refractivity contribution in [2.45, 2.75) is 24.0 Å². The summed E-state index contributed by atoms with van der Waals surface area (Å²) in [5.74, 6) is -0.943. The Kier molecular flexibility index (Phi) is 5.42. The summed E-state index contributed by atoms with van der Waals surface area (Å²) >= 11 is 17.6. The van der Waals surface area contributed by atoms with E-state index in [1.807, 2.05) is 0 Å². The van der Waals surface area contributed by atoms with Gasteiger partial charge in [0.25, 0.3) is 0 Å². The summed E-state index contributed by atoms with van der Waals surface area (Å²) in [6.45, 7) is 3.29. The summed E-state index contributed by atoms with van der Waals surface area (Å²) in [5, 5.41) is 0.460. The average Bonchev–Trinajstić information content (AvgIpc) is 2.27. The Morgan fingerprint density at radius 3 is 2.39 bits per heavy atom. The molecule has 7 heteroatoms. The van der Waals surface area contributed by atoms with Crippen molar-refractivity contribution in [2.24, 2.45) is 0 Å². The molecule has 0 fully saturated rings. The van der Waals surface area contributed by atoms with Gasteiger partial charge in [-0.1, -0.05) is 28.3 Å². The molecule has 1 rings (SSSR count). The second kappa shape index (κ2) is 6.21. The molecule has 0 heterocycles. The van der Waals surface area contributed by atoms with Gasteiger partial charge < -0.3 is 4.74 Å². The lowest BCUT2D eigenvalue weighted by Crippen LogP contribution is -2.29. The molecule has 0 aliphatic carbocycles. The van der Waals surface area contributed by atoms with Crippen molar-refractivity contribution >= 4 is 53.9 Å². The Morgan fingerprint density at radius 1 is 1.33 bits per heavy atom. The molecule has 1 aromatic rings. The van der Waals surface area contributed by atoms with Crippen LogP contribution in [-0.4, -0.2) is 16.1 Å². The van der Waals surface area contributed by atoms with Crippen molar-refractivity contribution in [1.82, 2.24) is 0 Å². The van der Waals surface area contributed by atoms with E-state index in [-0.39, 0.29) is 10.3 Å². The fourth-order valence-corrected chi connectivity index (χ4v) is 3.15. The van der Waals surface area contributed by atoms with Gasteiger partial charge in [0.2, 0.25) is 5.30 Å². The number of hydrogen-bond acceptors (Lipinski definition) is 3. The summed E-state index contributed by atoms with van der Waals surface area (Å²) in [4.78, 5) is 11.7. The largest absolute Gasteiger partial charge is 0.457 e. The van der Waals surface area contributed by atoms with Crippen molar-refractivity contribution in [3.8, 4) is 0 Å². The van der Waals surface area contributed by atoms with Gasteiger partial charge in [-0.2, -0.15) is 0 Å². The first kappa shape index (κ1) is 15.7. The maximum absolute atomic E-state index is 12.2. The quantitative estimate of drug-likeness (QED) is 0.479. The highest BCUT2D eigenvalue weighted by molar-refractivity contribution is 7.61. The van der Waals surface area contributed by atoms with E-state index in [4.69, 9.17) is 39.5 Å². The number of rotatable bonds is 4. The number of esters is 1. The van der Waals surface area contributed by atoms with E-state index >= 15 is 0 Å². The van der Waals surface area contributed by atoms with E-state index in [1.165, 1.54) is 6.07 Å². The standard InChI is InChI=1S/C11H11Cl3O3P/c1-7(2)17-10(15)11(13,14)18(16)9-6-4-3-5-8(9)12/h3-7H,1-2H3/q+1. The molecule has 0 aliphatic heterocycles. The van der Waals surface area contributed by atoms with Gasteiger partial charge in [-0.05, 0) is 49.2 Å². The number of benzene rings is 1. The molecular weight excluding hydrogens is 317 g/mol. The first-order valence-electron chi connectivity index (χ1n) is 5.07. The Labute approximate surface area is 121 Å². The number of ether oxygens (including phenoxy) is 1. The zero-order chi connectivity index (χ0) is 13.9. The van der Waals surface area contributed by atoms with Crippen LogP contribution in [0.5, 0.6) is 0 Å². The van der Waals surface area contributed by atoms with Crippen molar-refractivity contribution in [3.05, 3.63) is 29.3 Å². The summed E-state index contributed by atoms with van der Waals surface area (Å²) in [6, 6.07) is 6.35. The molecule has 3 nitrogen and oxygen atoms in total. The van der Waals surface area contributed by atoms with Crippen molar-refractivity contribution < 1.29 is 14.1 Å². The summed E-state index contributed by atoms with van der Waals surface area (Å²) in [5.41, 5.74) is 0. The molecular formula is C11H11Cl3O3P+. The molecule has 0 saturated heterocycles. The Balaban J connectivity index is 3.02. The highest BCUT2D eigenvalue weighted by Crippen LogP contribution is 2.47. The van der Waals surface area contributed by atoms with Crippen LogP contribution < -0.4 is 5.30 Å². The molecule has 0 bridgehead atoms. The van der Waals surface area contributed by atoms with Crippen molar-refractivity contribution in [3.63, 3.8) is 0 Å². The van der Waals surface area contributed by atoms with Crippen LogP contribution in [0.25, 0.3) is 0 Å². The van der Waals surface area contributed by atoms with E-state index in [1.54, 1.807) is 32.0 Å². The minimum absolute atomic E-state index is 0.222. The molecule has 0 saturated carbocycles. The average molecular weight is 329 g/mol. The lowest BCUT2D eigenvalue weighted by Gasteiger charge is -2.11. The zero-order valence-electron chi connectivity index (χ0n) is 9.69. The molecule has 0 spiro atoms. The summed E-state index contributed by atoms with van der Waals surface area (Å²) < 4.78 is 14.9. The predicted molar refractivity (Wildman–Crippen MR) is 74.4 cm³/mol. The third kappa shape index (κ3) is 3.58. The smallest absolute Gasteiger partial charge is 0.429 e. The Morgan fingerprint density at radius 2 is 1.89 bits per heavy atom. The first-order chi connectivity index (χ1) is 8.26. The van der Waals surface area contributed by atoms with Crippen LogP contribution in [0.2, 0.25) is 5.02 Å². The van der Waals surface area contributed by atoms with E-state index in [0.29, 0.717) is 0 Å². The van der Waals surface area contributed by atoms with Crippen molar-refractivity contribution in [1.29, 1.82) is 0 Å². The lowest BCUT2D eigenvalue weighted by atomic mass is 10.4. The predicted octanol–water partition coefficient (Wildman–Crippen LogP) is 3.88. The minimum atomic E-state index is -2.44. The van der Waals surface area contributed by atoms with Crippen LogP contribution in [0.4, 0.5) is 0 Å². The first-order valence-corrected chi connectivity index (χ1v) is 7.47. The highest BCUT2D eigenvalue weighted by Gasteiger charge is 2.57. The Hall–Kier alpha value is -0.340. The minimum Gasteiger partial charge on any atom is -0.457 e. The van der Waals surface area contributed by atoms with E-state index in [0.717, 1.165) is 0 Å². The van der Waals surface area contributed by atoms with Gasteiger partial charge in [0.05, 0.1) is 11.1 Å². The van der Waals surface area contributed by atoms with Crippen LogP contribution in [0.1, 0.15) is 13.8 Å². The van der Waals surface area contributed by atoms with Gasteiger partial charge in [0, 0.05) is 0 Å². The van der Waals surface area contributed by atoms with Crippen LogP contribution >= 0.6 is 42.6 Å². The third-order valence-corrected chi connectivity index (χ3v) is 5.13. The highest BCUT2D eigenvalue weighted by atomic mass is 35.5. The molecule has 1 aromatic carbocycles. The maximum atomic E-state index is 12.2. The second-order valence-electron chi connectivity index (χ2n) is 3.74. The number of carbonyl (C=O) groups excluding carboxylic acids is 1. The molecule has 0 radical (unpaired) electrons. The Bertz CT molecular complexity index is 474. The topological polar surface area (TPSA) is 43.4 Å². The molecule has 0 aromatic heterocycles. The molecule has 1 atom stereocenters. The van der Waals surface area contributed by atoms with Crippen LogP contribution in [0, 0.1) is 0 Å². The number of hydrogen-bond donors (Lipinski definition) is 0. The number of halogens is 3. The van der Waals surface area contributed by atoms with Crippen LogP contribution in [0.15, 0.2) is 24.3 Å². The van der Waals surface area contributed by atoms with E-state index in [2.05, 4.69) is 0 Å². The van der Waals surface area contributed by atoms with Gasteiger partial charge in [-0.15, -0.1) is 0 Å². The molecule has 0 aliphatic rings. The molecule has 0 N–H and O–H groups in total. The van der Waals surface area contributed by atoms with Crippen molar-refractivity contribution in [2.75, 3.05) is 0 Å².